The van der Waals surface area contributed by atoms with E-state index in [-0.39, 0.29) is 23.8 Å². The zero-order valence-electron chi connectivity index (χ0n) is 14.1. The number of ether oxygens (including phenoxy) is 2. The maximum atomic E-state index is 13.5. The van der Waals surface area contributed by atoms with E-state index in [1.54, 1.807) is 18.2 Å². The van der Waals surface area contributed by atoms with Crippen LogP contribution in [0.1, 0.15) is 16.5 Å². The second-order valence-electron chi connectivity index (χ2n) is 5.67. The highest BCUT2D eigenvalue weighted by Gasteiger charge is 2.35. The van der Waals surface area contributed by atoms with E-state index in [0.29, 0.717) is 17.1 Å². The van der Waals surface area contributed by atoms with Crippen LogP contribution in [0.5, 0.6) is 11.5 Å². The minimum absolute atomic E-state index is 0.0506. The summed E-state index contributed by atoms with van der Waals surface area (Å²) in [7, 11) is 3.04. The van der Waals surface area contributed by atoms with E-state index in [1.807, 2.05) is 0 Å². The highest BCUT2D eigenvalue weighted by molar-refractivity contribution is 8.00. The fraction of sp³-hybridized carbons (Fsp3) is 0.278. The normalized spacial score (nSPS) is 16.9. The van der Waals surface area contributed by atoms with Crippen LogP contribution in [0.3, 0.4) is 0 Å². The molecule has 0 radical (unpaired) electrons. The molecule has 3 rings (SSSR count). The molecular weight excluding hydrogens is 367 g/mol. The monoisotopic (exact) mass is 383 g/mol. The van der Waals surface area contributed by atoms with Crippen molar-refractivity contribution in [1.29, 1.82) is 0 Å². The Kier molecular flexibility index (Phi) is 5.31. The number of hydrogen-bond acceptors (Lipinski definition) is 4. The Bertz CT molecular complexity index is 823. The van der Waals surface area contributed by atoms with Crippen molar-refractivity contribution >= 4 is 17.7 Å². The number of carbonyl (C=O) groups excluding carboxylic acids is 1. The van der Waals surface area contributed by atoms with Crippen LogP contribution in [0.4, 0.5) is 13.2 Å². The molecule has 0 aromatic heterocycles. The number of benzene rings is 2. The van der Waals surface area contributed by atoms with Crippen molar-refractivity contribution in [3.05, 3.63) is 58.9 Å². The summed E-state index contributed by atoms with van der Waals surface area (Å²) in [6.45, 7) is -0.0506. The van der Waals surface area contributed by atoms with Gasteiger partial charge in [0.1, 0.15) is 16.9 Å². The number of rotatable bonds is 5. The second kappa shape index (κ2) is 7.49. The molecule has 1 amide bonds. The summed E-state index contributed by atoms with van der Waals surface area (Å²) in [6.07, 6.45) is 0. The summed E-state index contributed by atoms with van der Waals surface area (Å²) in [5.41, 5.74) is 0.884. The van der Waals surface area contributed by atoms with Gasteiger partial charge in [0.05, 0.1) is 20.0 Å². The molecule has 138 valence electrons. The molecule has 1 aliphatic rings. The lowest BCUT2D eigenvalue weighted by molar-refractivity contribution is -0.128. The predicted molar refractivity (Wildman–Crippen MR) is 91.6 cm³/mol. The Balaban J connectivity index is 1.95. The number of thioether (sulfide) groups is 1. The minimum atomic E-state index is -1.53. The fourth-order valence-corrected chi connectivity index (χ4v) is 4.01. The van der Waals surface area contributed by atoms with E-state index in [2.05, 4.69) is 0 Å². The van der Waals surface area contributed by atoms with Gasteiger partial charge >= 0.3 is 0 Å². The molecule has 0 bridgehead atoms. The van der Waals surface area contributed by atoms with Gasteiger partial charge in [-0.15, -0.1) is 11.8 Å². The van der Waals surface area contributed by atoms with Crippen molar-refractivity contribution in [1.82, 2.24) is 4.90 Å². The van der Waals surface area contributed by atoms with Crippen LogP contribution in [0, 0.1) is 17.5 Å². The third kappa shape index (κ3) is 3.46. The number of methoxy groups -OCH3 is 2. The van der Waals surface area contributed by atoms with Crippen molar-refractivity contribution < 1.29 is 27.4 Å². The van der Waals surface area contributed by atoms with Crippen LogP contribution in [-0.4, -0.2) is 30.8 Å². The second-order valence-corrected chi connectivity index (χ2v) is 6.73. The Labute approximate surface area is 152 Å². The zero-order valence-corrected chi connectivity index (χ0v) is 14.9. The standard InChI is InChI=1S/C18H16F3NO3S/c1-24-11-3-4-15(25-2)12(7-11)18-22(16(23)9-26-18)8-10-5-13(19)17(21)14(20)6-10/h3-7,18H,8-9H2,1-2H3. The van der Waals surface area contributed by atoms with Crippen molar-refractivity contribution in [3.8, 4) is 11.5 Å². The molecule has 1 heterocycles. The van der Waals surface area contributed by atoms with E-state index >= 15 is 0 Å². The maximum Gasteiger partial charge on any atom is 0.234 e. The van der Waals surface area contributed by atoms with E-state index in [1.165, 1.54) is 30.9 Å². The molecule has 4 nitrogen and oxygen atoms in total. The maximum absolute atomic E-state index is 13.5. The van der Waals surface area contributed by atoms with E-state index in [4.69, 9.17) is 9.47 Å². The predicted octanol–water partition coefficient (Wildman–Crippen LogP) is 3.90. The molecule has 1 atom stereocenters. The molecule has 0 aliphatic carbocycles. The average Bonchev–Trinajstić information content (AvgIpc) is 2.99. The van der Waals surface area contributed by atoms with E-state index in [9.17, 15) is 18.0 Å². The van der Waals surface area contributed by atoms with Crippen molar-refractivity contribution in [2.24, 2.45) is 0 Å². The number of amides is 1. The number of carbonyl (C=O) groups is 1. The molecule has 0 saturated carbocycles. The van der Waals surface area contributed by atoms with Crippen LogP contribution in [0.25, 0.3) is 0 Å². The summed E-state index contributed by atoms with van der Waals surface area (Å²) in [4.78, 5) is 13.8. The van der Waals surface area contributed by atoms with Gasteiger partial charge in [0.15, 0.2) is 17.5 Å². The summed E-state index contributed by atoms with van der Waals surface area (Å²) in [5, 5.41) is -0.413. The summed E-state index contributed by atoms with van der Waals surface area (Å²) in [6, 6.07) is 7.02. The Morgan fingerprint density at radius 2 is 1.81 bits per heavy atom. The lowest BCUT2D eigenvalue weighted by atomic mass is 10.1. The molecule has 0 N–H and O–H groups in total. The average molecular weight is 383 g/mol. The van der Waals surface area contributed by atoms with E-state index < -0.39 is 22.8 Å². The third-order valence-corrected chi connectivity index (χ3v) is 5.31. The first-order valence-electron chi connectivity index (χ1n) is 7.71. The molecule has 1 aliphatic heterocycles. The molecule has 1 saturated heterocycles. The lowest BCUT2D eigenvalue weighted by Crippen LogP contribution is -2.28. The molecule has 2 aromatic rings. The molecule has 1 unspecified atom stereocenters. The number of nitrogens with zero attached hydrogens (tertiary/aromatic N) is 1. The zero-order chi connectivity index (χ0) is 18.8. The topological polar surface area (TPSA) is 38.8 Å². The van der Waals surface area contributed by atoms with Gasteiger partial charge in [-0.05, 0) is 35.9 Å². The molecule has 2 aromatic carbocycles. The SMILES string of the molecule is COc1ccc(OC)c(C2SCC(=O)N2Cc2cc(F)c(F)c(F)c2)c1. The fourth-order valence-electron chi connectivity index (χ4n) is 2.81. The van der Waals surface area contributed by atoms with Crippen LogP contribution in [-0.2, 0) is 11.3 Å². The van der Waals surface area contributed by atoms with Gasteiger partial charge in [0.2, 0.25) is 5.91 Å². The Hall–Kier alpha value is -2.35. The van der Waals surface area contributed by atoms with Crippen LogP contribution in [0.15, 0.2) is 30.3 Å². The van der Waals surface area contributed by atoms with Crippen LogP contribution in [0.2, 0.25) is 0 Å². The Morgan fingerprint density at radius 3 is 2.42 bits per heavy atom. The molecular formula is C18H16F3NO3S. The van der Waals surface area contributed by atoms with Crippen LogP contribution >= 0.6 is 11.8 Å². The van der Waals surface area contributed by atoms with Gasteiger partial charge in [-0.3, -0.25) is 4.79 Å². The first-order valence-corrected chi connectivity index (χ1v) is 8.76. The lowest BCUT2D eigenvalue weighted by Gasteiger charge is -2.26. The minimum Gasteiger partial charge on any atom is -0.497 e. The van der Waals surface area contributed by atoms with Crippen molar-refractivity contribution in [2.45, 2.75) is 11.9 Å². The molecule has 0 spiro atoms. The number of hydrogen-bond donors (Lipinski definition) is 0. The number of halogens is 3. The smallest absolute Gasteiger partial charge is 0.234 e. The summed E-state index contributed by atoms with van der Waals surface area (Å²) < 4.78 is 50.7. The van der Waals surface area contributed by atoms with Crippen molar-refractivity contribution in [3.63, 3.8) is 0 Å². The van der Waals surface area contributed by atoms with Gasteiger partial charge < -0.3 is 14.4 Å². The third-order valence-electron chi connectivity index (χ3n) is 4.07. The molecule has 8 heteroatoms. The van der Waals surface area contributed by atoms with Crippen LogP contribution < -0.4 is 9.47 Å². The van der Waals surface area contributed by atoms with Gasteiger partial charge in [-0.25, -0.2) is 13.2 Å². The van der Waals surface area contributed by atoms with Crippen molar-refractivity contribution in [2.75, 3.05) is 20.0 Å². The van der Waals surface area contributed by atoms with Gasteiger partial charge in [0, 0.05) is 12.1 Å². The highest BCUT2D eigenvalue weighted by atomic mass is 32.2. The summed E-state index contributed by atoms with van der Waals surface area (Å²) >= 11 is 1.37. The molecule has 1 fully saturated rings. The first kappa shape index (κ1) is 18.4. The largest absolute Gasteiger partial charge is 0.497 e. The van der Waals surface area contributed by atoms with Gasteiger partial charge in [0.25, 0.3) is 0 Å². The Morgan fingerprint density at radius 1 is 1.12 bits per heavy atom. The first-order chi connectivity index (χ1) is 12.4. The van der Waals surface area contributed by atoms with Gasteiger partial charge in [-0.2, -0.15) is 0 Å². The van der Waals surface area contributed by atoms with E-state index in [0.717, 1.165) is 12.1 Å². The summed E-state index contributed by atoms with van der Waals surface area (Å²) in [5.74, 6) is -2.89. The molecule has 26 heavy (non-hydrogen) atoms. The highest BCUT2D eigenvalue weighted by Crippen LogP contribution is 2.44. The quantitative estimate of drug-likeness (QED) is 0.735. The van der Waals surface area contributed by atoms with Gasteiger partial charge in [-0.1, -0.05) is 0 Å².